The molecule has 2 aromatic carbocycles. The molecule has 1 amide bonds. The standard InChI is InChI=1S/C23H25N3O2S/c27-23(16-18-5-7-21(8-6-18)26-12-2-11-24-26)25-20-4-1-3-19(15-20)17-29-22-9-13-28-14-10-22/h1-8,11-12,15,22H,9-10,13-14,16-17H2,(H,25,27). The quantitative estimate of drug-likeness (QED) is 0.628. The van der Waals surface area contributed by atoms with Crippen molar-refractivity contribution in [3.05, 3.63) is 78.1 Å². The Bertz CT molecular complexity index is 920. The SMILES string of the molecule is O=C(Cc1ccc(-n2cccn2)cc1)Nc1cccc(CSC2CCOCC2)c1. The molecule has 3 aromatic rings. The van der Waals surface area contributed by atoms with E-state index in [-0.39, 0.29) is 5.91 Å². The van der Waals surface area contributed by atoms with Crippen LogP contribution in [0.1, 0.15) is 24.0 Å². The highest BCUT2D eigenvalue weighted by molar-refractivity contribution is 7.99. The number of thioether (sulfide) groups is 1. The smallest absolute Gasteiger partial charge is 0.228 e. The molecule has 150 valence electrons. The van der Waals surface area contributed by atoms with E-state index in [9.17, 15) is 4.79 Å². The lowest BCUT2D eigenvalue weighted by Crippen LogP contribution is -2.17. The van der Waals surface area contributed by atoms with Gasteiger partial charge < -0.3 is 10.1 Å². The summed E-state index contributed by atoms with van der Waals surface area (Å²) in [6.45, 7) is 1.74. The zero-order chi connectivity index (χ0) is 19.9. The minimum absolute atomic E-state index is 0.00827. The van der Waals surface area contributed by atoms with Crippen LogP contribution in [0.3, 0.4) is 0 Å². The summed E-state index contributed by atoms with van der Waals surface area (Å²) in [5, 5.41) is 7.91. The number of benzene rings is 2. The molecule has 0 atom stereocenters. The van der Waals surface area contributed by atoms with Crippen LogP contribution in [0, 0.1) is 0 Å². The fourth-order valence-electron chi connectivity index (χ4n) is 3.37. The van der Waals surface area contributed by atoms with E-state index in [1.54, 1.807) is 10.9 Å². The van der Waals surface area contributed by atoms with Crippen molar-refractivity contribution in [2.75, 3.05) is 18.5 Å². The Hall–Kier alpha value is -2.57. The van der Waals surface area contributed by atoms with E-state index in [1.807, 2.05) is 60.4 Å². The Morgan fingerprint density at radius 3 is 2.69 bits per heavy atom. The summed E-state index contributed by atoms with van der Waals surface area (Å²) < 4.78 is 7.22. The van der Waals surface area contributed by atoms with Gasteiger partial charge in [0.2, 0.25) is 5.91 Å². The zero-order valence-electron chi connectivity index (χ0n) is 16.3. The molecule has 1 aliphatic heterocycles. The number of aromatic nitrogens is 2. The third-order valence-corrected chi connectivity index (χ3v) is 6.38. The van der Waals surface area contributed by atoms with Gasteiger partial charge in [-0.15, -0.1) is 0 Å². The third kappa shape index (κ3) is 5.71. The van der Waals surface area contributed by atoms with Crippen LogP contribution in [0.2, 0.25) is 0 Å². The Kier molecular flexibility index (Phi) is 6.64. The first-order valence-electron chi connectivity index (χ1n) is 9.93. The zero-order valence-corrected chi connectivity index (χ0v) is 17.1. The largest absolute Gasteiger partial charge is 0.381 e. The molecule has 0 aliphatic carbocycles. The molecule has 29 heavy (non-hydrogen) atoms. The number of nitrogens with one attached hydrogen (secondary N) is 1. The van der Waals surface area contributed by atoms with Gasteiger partial charge in [-0.2, -0.15) is 16.9 Å². The maximum atomic E-state index is 12.5. The molecule has 0 bridgehead atoms. The van der Waals surface area contributed by atoms with Crippen molar-refractivity contribution < 1.29 is 9.53 Å². The highest BCUT2D eigenvalue weighted by Gasteiger charge is 2.14. The van der Waals surface area contributed by atoms with Gasteiger partial charge in [0.1, 0.15) is 0 Å². The number of hydrogen-bond acceptors (Lipinski definition) is 4. The van der Waals surface area contributed by atoms with Gasteiger partial charge in [-0.3, -0.25) is 4.79 Å². The van der Waals surface area contributed by atoms with Gasteiger partial charge in [-0.1, -0.05) is 24.3 Å². The molecule has 0 unspecified atom stereocenters. The van der Waals surface area contributed by atoms with E-state index in [0.717, 1.165) is 48.7 Å². The normalized spacial score (nSPS) is 14.6. The van der Waals surface area contributed by atoms with E-state index in [0.29, 0.717) is 11.7 Å². The number of ether oxygens (including phenoxy) is 1. The number of amides is 1. The van der Waals surface area contributed by atoms with Crippen LogP contribution in [-0.4, -0.2) is 34.2 Å². The summed E-state index contributed by atoms with van der Waals surface area (Å²) in [5.41, 5.74) is 4.05. The Morgan fingerprint density at radius 1 is 1.10 bits per heavy atom. The third-order valence-electron chi connectivity index (χ3n) is 4.93. The number of carbonyl (C=O) groups excluding carboxylic acids is 1. The molecule has 0 radical (unpaired) electrons. The summed E-state index contributed by atoms with van der Waals surface area (Å²) >= 11 is 1.98. The van der Waals surface area contributed by atoms with Crippen LogP contribution in [0.15, 0.2) is 67.0 Å². The topological polar surface area (TPSA) is 56.2 Å². The van der Waals surface area contributed by atoms with Crippen molar-refractivity contribution in [1.82, 2.24) is 9.78 Å². The number of carbonyl (C=O) groups is 1. The van der Waals surface area contributed by atoms with E-state index in [4.69, 9.17) is 4.74 Å². The maximum Gasteiger partial charge on any atom is 0.228 e. The molecular weight excluding hydrogens is 382 g/mol. The van der Waals surface area contributed by atoms with E-state index in [2.05, 4.69) is 22.5 Å². The Morgan fingerprint density at radius 2 is 1.93 bits per heavy atom. The molecule has 1 fully saturated rings. The van der Waals surface area contributed by atoms with Crippen LogP contribution in [0.4, 0.5) is 5.69 Å². The number of anilines is 1. The first kappa shape index (κ1) is 19.7. The molecule has 0 saturated carbocycles. The van der Waals surface area contributed by atoms with Crippen LogP contribution < -0.4 is 5.32 Å². The lowest BCUT2D eigenvalue weighted by molar-refractivity contribution is -0.115. The van der Waals surface area contributed by atoms with Gasteiger partial charge in [0.15, 0.2) is 0 Å². The van der Waals surface area contributed by atoms with Gasteiger partial charge in [-0.25, -0.2) is 4.68 Å². The predicted octanol–water partition coefficient (Wildman–Crippen LogP) is 4.47. The van der Waals surface area contributed by atoms with Crippen LogP contribution in [0.25, 0.3) is 5.69 Å². The second kappa shape index (κ2) is 9.76. The van der Waals surface area contributed by atoms with Gasteiger partial charge >= 0.3 is 0 Å². The molecule has 1 N–H and O–H groups in total. The molecule has 2 heterocycles. The Labute approximate surface area is 175 Å². The van der Waals surface area contributed by atoms with Crippen LogP contribution in [-0.2, 0) is 21.7 Å². The lowest BCUT2D eigenvalue weighted by atomic mass is 10.1. The van der Waals surface area contributed by atoms with Gasteiger partial charge in [0.05, 0.1) is 12.1 Å². The first-order chi connectivity index (χ1) is 14.3. The highest BCUT2D eigenvalue weighted by Crippen LogP contribution is 2.26. The van der Waals surface area contributed by atoms with Crippen molar-refractivity contribution >= 4 is 23.4 Å². The second-order valence-corrected chi connectivity index (χ2v) is 8.45. The van der Waals surface area contributed by atoms with Crippen molar-refractivity contribution in [1.29, 1.82) is 0 Å². The van der Waals surface area contributed by atoms with Crippen molar-refractivity contribution in [2.45, 2.75) is 30.3 Å². The van der Waals surface area contributed by atoms with Crippen molar-refractivity contribution in [3.8, 4) is 5.69 Å². The molecule has 4 rings (SSSR count). The Balaban J connectivity index is 1.30. The van der Waals surface area contributed by atoms with Gasteiger partial charge in [-0.05, 0) is 54.3 Å². The molecule has 1 aliphatic rings. The second-order valence-electron chi connectivity index (χ2n) is 7.17. The average Bonchev–Trinajstić information content (AvgIpc) is 3.29. The van der Waals surface area contributed by atoms with Gasteiger partial charge in [0, 0.05) is 42.3 Å². The molecule has 6 heteroatoms. The fraction of sp³-hybridized carbons (Fsp3) is 0.304. The monoisotopic (exact) mass is 407 g/mol. The molecule has 1 saturated heterocycles. The summed E-state index contributed by atoms with van der Waals surface area (Å²) in [6, 6.07) is 17.9. The highest BCUT2D eigenvalue weighted by atomic mass is 32.2. The van der Waals surface area contributed by atoms with E-state index in [1.165, 1.54) is 5.56 Å². The predicted molar refractivity (Wildman–Crippen MR) is 117 cm³/mol. The lowest BCUT2D eigenvalue weighted by Gasteiger charge is -2.21. The maximum absolute atomic E-state index is 12.5. The summed E-state index contributed by atoms with van der Waals surface area (Å²) in [7, 11) is 0. The summed E-state index contributed by atoms with van der Waals surface area (Å²) in [5.74, 6) is 0.953. The minimum atomic E-state index is -0.00827. The molecule has 1 aromatic heterocycles. The molecular formula is C23H25N3O2S. The number of nitrogens with zero attached hydrogens (tertiary/aromatic N) is 2. The first-order valence-corrected chi connectivity index (χ1v) is 11.0. The van der Waals surface area contributed by atoms with Crippen molar-refractivity contribution in [2.24, 2.45) is 0 Å². The van der Waals surface area contributed by atoms with E-state index >= 15 is 0 Å². The summed E-state index contributed by atoms with van der Waals surface area (Å²) in [6.07, 6.45) is 6.24. The van der Waals surface area contributed by atoms with Crippen molar-refractivity contribution in [3.63, 3.8) is 0 Å². The van der Waals surface area contributed by atoms with Gasteiger partial charge in [0.25, 0.3) is 0 Å². The van der Waals surface area contributed by atoms with Crippen LogP contribution in [0.5, 0.6) is 0 Å². The van der Waals surface area contributed by atoms with E-state index < -0.39 is 0 Å². The summed E-state index contributed by atoms with van der Waals surface area (Å²) in [4.78, 5) is 12.5. The average molecular weight is 408 g/mol. The molecule has 0 spiro atoms. The van der Waals surface area contributed by atoms with Crippen LogP contribution >= 0.6 is 11.8 Å². The molecule has 5 nitrogen and oxygen atoms in total. The minimum Gasteiger partial charge on any atom is -0.381 e. The number of hydrogen-bond donors (Lipinski definition) is 1. The number of rotatable bonds is 7. The fourth-order valence-corrected chi connectivity index (χ4v) is 4.51.